The predicted molar refractivity (Wildman–Crippen MR) is 170 cm³/mol. The molecule has 1 fully saturated rings. The van der Waals surface area contributed by atoms with Crippen molar-refractivity contribution in [3.05, 3.63) is 40.0 Å². The largest absolute Gasteiger partial charge is 0.504 e. The molecule has 2 atom stereocenters. The highest BCUT2D eigenvalue weighted by Crippen LogP contribution is 2.42. The molecule has 2 aromatic heterocycles. The SMILES string of the molecule is CC(C)(O/N=C(\C(=O)NC1C(=O)N2C(C(=O)O)=C(CSc3nnnn3-c3cc(O)c(O)cc3CC(=O)O)CS[C@H]12)c1csc(N)n1)C(=O)O. The number of thiazole rings is 1. The average molecular weight is 736 g/mol. The molecule has 1 aromatic carbocycles. The van der Waals surface area contributed by atoms with E-state index in [0.717, 1.165) is 44.8 Å². The maximum atomic E-state index is 13.3. The summed E-state index contributed by atoms with van der Waals surface area (Å²) in [6.45, 7) is 2.42. The van der Waals surface area contributed by atoms with Gasteiger partial charge in [0.1, 0.15) is 22.8 Å². The highest BCUT2D eigenvalue weighted by atomic mass is 32.2. The fourth-order valence-corrected chi connectivity index (χ4v) is 7.40. The highest BCUT2D eigenvalue weighted by Gasteiger charge is 2.54. The summed E-state index contributed by atoms with van der Waals surface area (Å²) >= 11 is 3.12. The number of hydrogen-bond acceptors (Lipinski definition) is 17. The first-order chi connectivity index (χ1) is 23.1. The number of nitrogens with one attached hydrogen (secondary N) is 1. The Bertz CT molecular complexity index is 1940. The summed E-state index contributed by atoms with van der Waals surface area (Å²) in [5, 5.41) is 67.0. The van der Waals surface area contributed by atoms with E-state index < -0.39 is 70.4 Å². The number of nitrogen functional groups attached to an aromatic ring is 1. The molecule has 20 nitrogen and oxygen atoms in total. The zero-order chi connectivity index (χ0) is 35.8. The van der Waals surface area contributed by atoms with Crippen LogP contribution in [-0.4, -0.2) is 120 Å². The fraction of sp³-hybridized carbons (Fsp3) is 0.308. The first kappa shape index (κ1) is 34.9. The molecule has 2 amide bonds. The number of aliphatic carboxylic acids is 3. The Hall–Kier alpha value is -5.42. The van der Waals surface area contributed by atoms with E-state index in [1.54, 1.807) is 0 Å². The van der Waals surface area contributed by atoms with Gasteiger partial charge in [-0.3, -0.25) is 19.3 Å². The number of anilines is 1. The lowest BCUT2D eigenvalue weighted by Crippen LogP contribution is -2.71. The molecule has 23 heteroatoms. The number of aromatic hydroxyl groups is 2. The molecule has 1 unspecified atom stereocenters. The number of hydrogen-bond donors (Lipinski definition) is 7. The molecule has 3 aromatic rings. The zero-order valence-electron chi connectivity index (χ0n) is 25.1. The normalized spacial score (nSPS) is 17.7. The number of phenols is 2. The molecule has 0 spiro atoms. The van der Waals surface area contributed by atoms with Gasteiger partial charge in [0.2, 0.25) is 10.8 Å². The lowest BCUT2D eigenvalue weighted by atomic mass is 10.0. The summed E-state index contributed by atoms with van der Waals surface area (Å²) in [6.07, 6.45) is -0.535. The number of amides is 2. The van der Waals surface area contributed by atoms with Crippen molar-refractivity contribution in [2.45, 2.75) is 42.4 Å². The van der Waals surface area contributed by atoms with Crippen LogP contribution < -0.4 is 11.1 Å². The maximum absolute atomic E-state index is 13.3. The summed E-state index contributed by atoms with van der Waals surface area (Å²) in [4.78, 5) is 72.0. The topological polar surface area (TPSA) is 306 Å². The van der Waals surface area contributed by atoms with Gasteiger partial charge in [-0.05, 0) is 41.5 Å². The lowest BCUT2D eigenvalue weighted by Gasteiger charge is -2.49. The van der Waals surface area contributed by atoms with E-state index >= 15 is 0 Å². The Kier molecular flexibility index (Phi) is 9.69. The Balaban J connectivity index is 1.35. The maximum Gasteiger partial charge on any atom is 0.352 e. The van der Waals surface area contributed by atoms with Crippen LogP contribution in [0, 0.1) is 0 Å². The number of carbonyl (C=O) groups is 5. The van der Waals surface area contributed by atoms with Gasteiger partial charge in [-0.25, -0.2) is 14.6 Å². The first-order valence-electron chi connectivity index (χ1n) is 13.7. The molecule has 0 radical (unpaired) electrons. The van der Waals surface area contributed by atoms with Gasteiger partial charge >= 0.3 is 17.9 Å². The number of carboxylic acid groups (broad SMARTS) is 3. The standard InChI is InChI=1S/C26H25N9O11S3/c1-26(2,23(44)45)46-31-16(11-8-48-24(27)28-11)19(40)29-17-20(41)34-18(22(42)43)10(6-47-21(17)34)7-49-25-30-32-33-35(25)12-5-14(37)13(36)3-9(12)4-15(38)39/h3,5,8,17,21,36-37H,4,6-7H2,1-2H3,(H2,27,28)(H,29,40)(H,38,39)(H,42,43)(H,44,45)/b31-16-/t17?,21-/m1/s1. The molecule has 0 saturated carbocycles. The van der Waals surface area contributed by atoms with Crippen LogP contribution in [0.4, 0.5) is 5.13 Å². The van der Waals surface area contributed by atoms with Crippen LogP contribution in [0.3, 0.4) is 0 Å². The van der Waals surface area contributed by atoms with E-state index in [1.807, 2.05) is 0 Å². The highest BCUT2D eigenvalue weighted by molar-refractivity contribution is 8.01. The van der Waals surface area contributed by atoms with E-state index in [-0.39, 0.29) is 44.4 Å². The second kappa shape index (κ2) is 13.6. The van der Waals surface area contributed by atoms with Crippen molar-refractivity contribution in [2.75, 3.05) is 17.2 Å². The lowest BCUT2D eigenvalue weighted by molar-refractivity contribution is -0.161. The molecule has 1 saturated heterocycles. The molecule has 258 valence electrons. The van der Waals surface area contributed by atoms with Gasteiger partial charge in [0.05, 0.1) is 12.1 Å². The van der Waals surface area contributed by atoms with Gasteiger partial charge in [0.15, 0.2) is 22.3 Å². The molecule has 4 heterocycles. The molecule has 8 N–H and O–H groups in total. The molecule has 0 aliphatic carbocycles. The minimum Gasteiger partial charge on any atom is -0.504 e. The van der Waals surface area contributed by atoms with E-state index in [4.69, 9.17) is 10.6 Å². The van der Waals surface area contributed by atoms with Crippen LogP contribution in [0.2, 0.25) is 0 Å². The van der Waals surface area contributed by atoms with Gasteiger partial charge in [-0.2, -0.15) is 4.68 Å². The minimum atomic E-state index is -1.82. The third-order valence-corrected chi connectivity index (χ3v) is 9.98. The number of nitrogens with two attached hydrogens (primary N) is 1. The summed E-state index contributed by atoms with van der Waals surface area (Å²) < 4.78 is 1.12. The number of tetrazole rings is 1. The number of benzene rings is 1. The molecule has 0 bridgehead atoms. The summed E-state index contributed by atoms with van der Waals surface area (Å²) in [5.41, 5.74) is 3.53. The van der Waals surface area contributed by atoms with E-state index in [1.165, 1.54) is 31.0 Å². The Morgan fingerprint density at radius 3 is 2.53 bits per heavy atom. The Labute approximate surface area is 286 Å². The predicted octanol–water partition coefficient (Wildman–Crippen LogP) is -0.146. The second-order valence-corrected chi connectivity index (χ2v) is 13.7. The number of fused-ring (bicyclic) bond motifs is 1. The van der Waals surface area contributed by atoms with Gasteiger partial charge in [0.25, 0.3) is 11.8 Å². The number of thioether (sulfide) groups is 2. The van der Waals surface area contributed by atoms with Crippen molar-refractivity contribution < 1.29 is 54.3 Å². The monoisotopic (exact) mass is 735 g/mol. The number of oxime groups is 1. The number of aromatic nitrogens is 5. The van der Waals surface area contributed by atoms with Crippen molar-refractivity contribution in [3.63, 3.8) is 0 Å². The number of nitrogens with zero attached hydrogens (tertiary/aromatic N) is 7. The van der Waals surface area contributed by atoms with Gasteiger partial charge in [-0.1, -0.05) is 16.9 Å². The van der Waals surface area contributed by atoms with Crippen LogP contribution in [0.25, 0.3) is 5.69 Å². The zero-order valence-corrected chi connectivity index (χ0v) is 27.6. The average Bonchev–Trinajstić information content (AvgIpc) is 3.68. The summed E-state index contributed by atoms with van der Waals surface area (Å²) in [5.74, 6) is -6.69. The van der Waals surface area contributed by atoms with E-state index in [2.05, 4.69) is 31.0 Å². The number of rotatable bonds is 13. The molecule has 49 heavy (non-hydrogen) atoms. The van der Waals surface area contributed by atoms with Crippen molar-refractivity contribution in [3.8, 4) is 17.2 Å². The van der Waals surface area contributed by atoms with Gasteiger partial charge in [0, 0.05) is 23.0 Å². The van der Waals surface area contributed by atoms with Crippen LogP contribution in [0.5, 0.6) is 11.5 Å². The first-order valence-corrected chi connectivity index (χ1v) is 16.6. The summed E-state index contributed by atoms with van der Waals surface area (Å²) in [6, 6.07) is 0.966. The molecular weight excluding hydrogens is 711 g/mol. The molecule has 2 aliphatic heterocycles. The second-order valence-electron chi connectivity index (χ2n) is 10.7. The molecule has 5 rings (SSSR count). The number of β-lactam (4-membered cyclic amide) rings is 1. The minimum absolute atomic E-state index is 0.0282. The number of carbonyl (C=O) groups excluding carboxylic acids is 2. The number of phenolic OH excluding ortho intramolecular Hbond substituents is 2. The van der Waals surface area contributed by atoms with Gasteiger partial charge in [-0.15, -0.1) is 28.2 Å². The van der Waals surface area contributed by atoms with E-state index in [0.29, 0.717) is 5.57 Å². The van der Waals surface area contributed by atoms with Crippen LogP contribution >= 0.6 is 34.9 Å². The van der Waals surface area contributed by atoms with Crippen LogP contribution in [0.1, 0.15) is 25.1 Å². The van der Waals surface area contributed by atoms with Crippen molar-refractivity contribution in [1.29, 1.82) is 0 Å². The molecular formula is C26H25N9O11S3. The van der Waals surface area contributed by atoms with E-state index in [9.17, 15) is 49.5 Å². The summed E-state index contributed by atoms with van der Waals surface area (Å²) in [7, 11) is 0. The fourth-order valence-electron chi connectivity index (χ4n) is 4.49. The van der Waals surface area contributed by atoms with Crippen molar-refractivity contribution in [1.82, 2.24) is 35.4 Å². The number of carboxylic acids is 3. The van der Waals surface area contributed by atoms with Crippen LogP contribution in [0.15, 0.2) is 39.1 Å². The Morgan fingerprint density at radius 1 is 1.18 bits per heavy atom. The quantitative estimate of drug-likeness (QED) is 0.0395. The van der Waals surface area contributed by atoms with Gasteiger partial charge < -0.3 is 41.4 Å². The molecule has 2 aliphatic rings. The van der Waals surface area contributed by atoms with Crippen molar-refractivity contribution >= 4 is 75.4 Å². The third kappa shape index (κ3) is 7.07. The van der Waals surface area contributed by atoms with Crippen molar-refractivity contribution in [2.24, 2.45) is 5.16 Å². The van der Waals surface area contributed by atoms with Crippen LogP contribution in [-0.2, 0) is 35.2 Å². The smallest absolute Gasteiger partial charge is 0.352 e. The third-order valence-electron chi connectivity index (χ3n) is 6.96. The Morgan fingerprint density at radius 2 is 1.90 bits per heavy atom.